The van der Waals surface area contributed by atoms with Crippen molar-refractivity contribution in [2.75, 3.05) is 58.4 Å². The standard InChI is InChI=1S/C22H33N5O2/c1-23-22(25-11-4-14-29-17-18-9-15-28-16-10-18)26-13-12-24-21-8-7-19-5-2-3-6-20(19)27-21/h2-3,5-8,18H,4,9-17H2,1H3,(H,24,27)(H2,23,25,26). The van der Waals surface area contributed by atoms with Crippen LogP contribution < -0.4 is 16.0 Å². The molecule has 158 valence electrons. The number of rotatable bonds is 10. The van der Waals surface area contributed by atoms with Gasteiger partial charge >= 0.3 is 0 Å². The van der Waals surface area contributed by atoms with Crippen LogP contribution in [0, 0.1) is 5.92 Å². The van der Waals surface area contributed by atoms with Crippen LogP contribution in [0.5, 0.6) is 0 Å². The van der Waals surface area contributed by atoms with E-state index < -0.39 is 0 Å². The number of pyridine rings is 1. The van der Waals surface area contributed by atoms with Crippen molar-refractivity contribution in [1.29, 1.82) is 0 Å². The maximum Gasteiger partial charge on any atom is 0.191 e. The molecule has 0 radical (unpaired) electrons. The van der Waals surface area contributed by atoms with E-state index in [4.69, 9.17) is 9.47 Å². The molecule has 0 amide bonds. The number of anilines is 1. The van der Waals surface area contributed by atoms with E-state index in [2.05, 4.69) is 38.1 Å². The Balaban J connectivity index is 1.24. The van der Waals surface area contributed by atoms with Gasteiger partial charge in [-0.3, -0.25) is 4.99 Å². The SMILES string of the molecule is CN=C(NCCCOCC1CCOCC1)NCCNc1ccc2ccccc2n1. The van der Waals surface area contributed by atoms with Crippen molar-refractivity contribution in [1.82, 2.24) is 15.6 Å². The molecule has 0 spiro atoms. The highest BCUT2D eigenvalue weighted by molar-refractivity contribution is 5.80. The average molecular weight is 400 g/mol. The monoisotopic (exact) mass is 399 g/mol. The first-order chi connectivity index (χ1) is 14.3. The zero-order valence-corrected chi connectivity index (χ0v) is 17.3. The lowest BCUT2D eigenvalue weighted by molar-refractivity contribution is 0.0203. The van der Waals surface area contributed by atoms with Crippen molar-refractivity contribution in [2.45, 2.75) is 19.3 Å². The second kappa shape index (κ2) is 12.2. The van der Waals surface area contributed by atoms with Gasteiger partial charge in [0, 0.05) is 58.5 Å². The smallest absolute Gasteiger partial charge is 0.191 e. The number of aliphatic imine (C=N–C) groups is 1. The van der Waals surface area contributed by atoms with Gasteiger partial charge in [0.15, 0.2) is 5.96 Å². The van der Waals surface area contributed by atoms with Gasteiger partial charge in [-0.25, -0.2) is 4.98 Å². The number of benzene rings is 1. The summed E-state index contributed by atoms with van der Waals surface area (Å²) in [5, 5.41) is 11.1. The topological polar surface area (TPSA) is 79.8 Å². The van der Waals surface area contributed by atoms with Gasteiger partial charge in [-0.15, -0.1) is 0 Å². The maximum absolute atomic E-state index is 5.79. The van der Waals surface area contributed by atoms with Crippen molar-refractivity contribution in [3.8, 4) is 0 Å². The Hall–Kier alpha value is -2.38. The van der Waals surface area contributed by atoms with E-state index in [-0.39, 0.29) is 0 Å². The molecule has 1 fully saturated rings. The predicted octanol–water partition coefficient (Wildman–Crippen LogP) is 2.65. The molecule has 0 bridgehead atoms. The van der Waals surface area contributed by atoms with E-state index in [1.165, 1.54) is 0 Å². The van der Waals surface area contributed by atoms with Gasteiger partial charge in [-0.2, -0.15) is 0 Å². The first kappa shape index (κ1) is 21.3. The molecule has 1 aromatic heterocycles. The fourth-order valence-electron chi connectivity index (χ4n) is 3.30. The maximum atomic E-state index is 5.79. The number of ether oxygens (including phenoxy) is 2. The number of nitrogens with zero attached hydrogens (tertiary/aromatic N) is 2. The lowest BCUT2D eigenvalue weighted by Crippen LogP contribution is -2.40. The summed E-state index contributed by atoms with van der Waals surface area (Å²) in [6.45, 7) is 5.75. The lowest BCUT2D eigenvalue weighted by atomic mass is 10.0. The minimum absolute atomic E-state index is 0.663. The first-order valence-electron chi connectivity index (χ1n) is 10.5. The van der Waals surface area contributed by atoms with Crippen LogP contribution in [0.2, 0.25) is 0 Å². The first-order valence-corrected chi connectivity index (χ1v) is 10.5. The summed E-state index contributed by atoms with van der Waals surface area (Å²) in [6, 6.07) is 12.2. The second-order valence-electron chi connectivity index (χ2n) is 7.23. The molecule has 0 saturated carbocycles. The highest BCUT2D eigenvalue weighted by Crippen LogP contribution is 2.15. The van der Waals surface area contributed by atoms with Crippen molar-refractivity contribution < 1.29 is 9.47 Å². The zero-order valence-electron chi connectivity index (χ0n) is 17.3. The Morgan fingerprint density at radius 2 is 1.93 bits per heavy atom. The predicted molar refractivity (Wildman–Crippen MR) is 119 cm³/mol. The normalized spacial score (nSPS) is 15.4. The van der Waals surface area contributed by atoms with Gasteiger partial charge in [0.05, 0.1) is 5.52 Å². The summed E-state index contributed by atoms with van der Waals surface area (Å²) in [4.78, 5) is 8.88. The summed E-state index contributed by atoms with van der Waals surface area (Å²) >= 11 is 0. The molecule has 3 N–H and O–H groups in total. The number of guanidine groups is 1. The fourth-order valence-corrected chi connectivity index (χ4v) is 3.30. The Bertz CT molecular complexity index is 762. The lowest BCUT2D eigenvalue weighted by Gasteiger charge is -2.21. The van der Waals surface area contributed by atoms with Crippen LogP contribution in [0.25, 0.3) is 10.9 Å². The summed E-state index contributed by atoms with van der Waals surface area (Å²) in [6.07, 6.45) is 3.21. The Labute approximate surface area is 173 Å². The fraction of sp³-hybridized carbons (Fsp3) is 0.545. The molecule has 29 heavy (non-hydrogen) atoms. The van der Waals surface area contributed by atoms with Crippen molar-refractivity contribution >= 4 is 22.7 Å². The molecule has 0 atom stereocenters. The van der Waals surface area contributed by atoms with Gasteiger partial charge in [0.1, 0.15) is 5.82 Å². The van der Waals surface area contributed by atoms with E-state index in [1.54, 1.807) is 7.05 Å². The number of para-hydroxylation sites is 1. The highest BCUT2D eigenvalue weighted by Gasteiger charge is 2.13. The van der Waals surface area contributed by atoms with Crippen LogP contribution in [0.1, 0.15) is 19.3 Å². The third-order valence-electron chi connectivity index (χ3n) is 5.00. The molecule has 0 aliphatic carbocycles. The average Bonchev–Trinajstić information content (AvgIpc) is 2.78. The summed E-state index contributed by atoms with van der Waals surface area (Å²) in [5.74, 6) is 2.36. The number of hydrogen-bond donors (Lipinski definition) is 3. The highest BCUT2D eigenvalue weighted by atomic mass is 16.5. The van der Waals surface area contributed by atoms with Crippen LogP contribution in [-0.4, -0.2) is 64.1 Å². The Morgan fingerprint density at radius 3 is 2.79 bits per heavy atom. The van der Waals surface area contributed by atoms with E-state index in [1.807, 2.05) is 24.3 Å². The third-order valence-corrected chi connectivity index (χ3v) is 5.00. The molecule has 1 aromatic carbocycles. The third kappa shape index (κ3) is 7.51. The van der Waals surface area contributed by atoms with Crippen LogP contribution in [0.3, 0.4) is 0 Å². The van der Waals surface area contributed by atoms with E-state index in [9.17, 15) is 0 Å². The second-order valence-corrected chi connectivity index (χ2v) is 7.23. The summed E-state index contributed by atoms with van der Waals surface area (Å²) in [7, 11) is 1.79. The molecule has 3 rings (SSSR count). The number of aromatic nitrogens is 1. The van der Waals surface area contributed by atoms with Gasteiger partial charge in [0.2, 0.25) is 0 Å². The molecule has 7 heteroatoms. The van der Waals surface area contributed by atoms with Crippen molar-refractivity contribution in [2.24, 2.45) is 10.9 Å². The Kier molecular flexibility index (Phi) is 9.00. The number of nitrogens with one attached hydrogen (secondary N) is 3. The number of hydrogen-bond acceptors (Lipinski definition) is 5. The van der Waals surface area contributed by atoms with E-state index in [0.29, 0.717) is 5.92 Å². The van der Waals surface area contributed by atoms with Gasteiger partial charge in [-0.1, -0.05) is 18.2 Å². The molecule has 1 aliphatic rings. The Morgan fingerprint density at radius 1 is 1.10 bits per heavy atom. The molecule has 2 heterocycles. The summed E-state index contributed by atoms with van der Waals surface area (Å²) < 4.78 is 11.2. The molecule has 1 aliphatic heterocycles. The minimum atomic E-state index is 0.663. The van der Waals surface area contributed by atoms with Crippen LogP contribution in [0.4, 0.5) is 5.82 Å². The van der Waals surface area contributed by atoms with E-state index >= 15 is 0 Å². The molecular formula is C22H33N5O2. The molecular weight excluding hydrogens is 366 g/mol. The quantitative estimate of drug-likeness (QED) is 0.324. The zero-order chi connectivity index (χ0) is 20.2. The van der Waals surface area contributed by atoms with Crippen molar-refractivity contribution in [3.63, 3.8) is 0 Å². The van der Waals surface area contributed by atoms with Crippen LogP contribution >= 0.6 is 0 Å². The molecule has 0 unspecified atom stereocenters. The molecule has 2 aromatic rings. The van der Waals surface area contributed by atoms with Gasteiger partial charge in [0.25, 0.3) is 0 Å². The van der Waals surface area contributed by atoms with Crippen molar-refractivity contribution in [3.05, 3.63) is 36.4 Å². The molecule has 1 saturated heterocycles. The van der Waals surface area contributed by atoms with Gasteiger partial charge in [-0.05, 0) is 43.4 Å². The minimum Gasteiger partial charge on any atom is -0.381 e. The molecule has 7 nitrogen and oxygen atoms in total. The van der Waals surface area contributed by atoms with Gasteiger partial charge < -0.3 is 25.4 Å². The van der Waals surface area contributed by atoms with Crippen LogP contribution in [0.15, 0.2) is 41.4 Å². The summed E-state index contributed by atoms with van der Waals surface area (Å²) in [5.41, 5.74) is 1.00. The number of fused-ring (bicyclic) bond motifs is 1. The van der Waals surface area contributed by atoms with E-state index in [0.717, 1.165) is 88.0 Å². The largest absolute Gasteiger partial charge is 0.381 e. The van der Waals surface area contributed by atoms with Crippen LogP contribution in [-0.2, 0) is 9.47 Å².